The van der Waals surface area contributed by atoms with Crippen molar-refractivity contribution in [1.29, 1.82) is 0 Å². The lowest BCUT2D eigenvalue weighted by molar-refractivity contribution is 0.0190. The maximum Gasteiger partial charge on any atom is 0.270 e. The van der Waals surface area contributed by atoms with Gasteiger partial charge in [-0.1, -0.05) is 27.7 Å². The van der Waals surface area contributed by atoms with Crippen molar-refractivity contribution < 1.29 is 18.1 Å². The first-order valence-electron chi connectivity index (χ1n) is 11.3. The molecule has 2 rings (SSSR count). The Balaban J connectivity index is 1.95. The van der Waals surface area contributed by atoms with Gasteiger partial charge in [-0.2, -0.15) is 8.15 Å². The monoisotopic (exact) mass is 500 g/mol. The molecule has 178 valence electrons. The van der Waals surface area contributed by atoms with Crippen LogP contribution in [0.3, 0.4) is 0 Å². The van der Waals surface area contributed by atoms with Crippen LogP contribution >= 0.6 is 39.0 Å². The van der Waals surface area contributed by atoms with Crippen LogP contribution in [0.5, 0.6) is 0 Å². The summed E-state index contributed by atoms with van der Waals surface area (Å²) in [5, 5.41) is 0. The molecule has 0 N–H and O–H groups in total. The lowest BCUT2D eigenvalue weighted by Gasteiger charge is -2.43. The van der Waals surface area contributed by atoms with E-state index in [1.165, 1.54) is 0 Å². The van der Waals surface area contributed by atoms with Crippen LogP contribution in [0.1, 0.15) is 81.1 Å². The van der Waals surface area contributed by atoms with Gasteiger partial charge in [-0.25, -0.2) is 0 Å². The Labute approximate surface area is 195 Å². The van der Waals surface area contributed by atoms with Gasteiger partial charge in [0.05, 0.1) is 26.4 Å². The summed E-state index contributed by atoms with van der Waals surface area (Å²) in [5.41, 5.74) is 0.336. The van der Waals surface area contributed by atoms with Crippen molar-refractivity contribution in [1.82, 2.24) is 8.15 Å². The molecule has 0 amide bonds. The van der Waals surface area contributed by atoms with Gasteiger partial charge in [0.2, 0.25) is 0 Å². The fourth-order valence-electron chi connectivity index (χ4n) is 3.14. The second-order valence-electron chi connectivity index (χ2n) is 8.93. The van der Waals surface area contributed by atoms with Crippen molar-refractivity contribution in [3.63, 3.8) is 0 Å². The molecule has 0 aliphatic carbocycles. The minimum atomic E-state index is -1.06. The minimum absolute atomic E-state index is 0.168. The SMILES string of the molecule is CCC1(CC)COP(N(SSN(C(C)C)P2OCC(CC)(CC)CO2)C(C)C)OC1. The van der Waals surface area contributed by atoms with Crippen LogP contribution in [0, 0.1) is 10.8 Å². The van der Waals surface area contributed by atoms with Gasteiger partial charge in [0.15, 0.2) is 0 Å². The van der Waals surface area contributed by atoms with Gasteiger partial charge in [0, 0.05) is 44.9 Å². The summed E-state index contributed by atoms with van der Waals surface area (Å²) in [6.07, 6.45) is 4.36. The molecule has 2 fully saturated rings. The van der Waals surface area contributed by atoms with E-state index in [0.717, 1.165) is 52.1 Å². The Hall–Kier alpha value is 1.32. The van der Waals surface area contributed by atoms with E-state index >= 15 is 0 Å². The maximum absolute atomic E-state index is 6.25. The zero-order valence-corrected chi connectivity index (χ0v) is 23.5. The molecular weight excluding hydrogens is 458 g/mol. The number of nitrogens with zero attached hydrogens (tertiary/aromatic N) is 2. The van der Waals surface area contributed by atoms with E-state index in [2.05, 4.69) is 63.5 Å². The molecule has 0 atom stereocenters. The third-order valence-corrected chi connectivity index (χ3v) is 13.6. The molecule has 2 aliphatic heterocycles. The molecule has 6 nitrogen and oxygen atoms in total. The van der Waals surface area contributed by atoms with Crippen LogP contribution in [0.4, 0.5) is 0 Å². The predicted molar refractivity (Wildman–Crippen MR) is 133 cm³/mol. The molecule has 0 aromatic carbocycles. The van der Waals surface area contributed by atoms with Crippen molar-refractivity contribution in [2.45, 2.75) is 93.2 Å². The quantitative estimate of drug-likeness (QED) is 0.162. The molecule has 0 aromatic rings. The Morgan fingerprint density at radius 1 is 0.633 bits per heavy atom. The Kier molecular flexibility index (Phi) is 11.7. The Morgan fingerprint density at radius 3 is 1.10 bits per heavy atom. The summed E-state index contributed by atoms with van der Waals surface area (Å²) >= 11 is 0. The van der Waals surface area contributed by atoms with Crippen LogP contribution in [0.2, 0.25) is 0 Å². The molecule has 2 aliphatic rings. The summed E-state index contributed by atoms with van der Waals surface area (Å²) < 4.78 is 29.6. The molecule has 10 heteroatoms. The zero-order chi connectivity index (χ0) is 22.4. The van der Waals surface area contributed by atoms with Crippen molar-refractivity contribution in [3.05, 3.63) is 0 Å². The van der Waals surface area contributed by atoms with Crippen LogP contribution in [0.15, 0.2) is 0 Å². The van der Waals surface area contributed by atoms with Gasteiger partial charge < -0.3 is 18.1 Å². The lowest BCUT2D eigenvalue weighted by atomic mass is 9.84. The highest BCUT2D eigenvalue weighted by Crippen LogP contribution is 2.61. The second-order valence-corrected chi connectivity index (χ2v) is 14.3. The van der Waals surface area contributed by atoms with Crippen LogP contribution in [0.25, 0.3) is 0 Å². The van der Waals surface area contributed by atoms with Gasteiger partial charge in [0.1, 0.15) is 0 Å². The molecule has 0 aromatic heterocycles. The molecule has 0 unspecified atom stereocenters. The van der Waals surface area contributed by atoms with Gasteiger partial charge in [-0.3, -0.25) is 0 Å². The number of hydrogen-bond acceptors (Lipinski definition) is 8. The predicted octanol–water partition coefficient (Wildman–Crippen LogP) is 7.78. The third-order valence-electron chi connectivity index (χ3n) is 6.32. The normalized spacial score (nSPS) is 23.2. The van der Waals surface area contributed by atoms with E-state index in [9.17, 15) is 0 Å². The molecule has 30 heavy (non-hydrogen) atoms. The van der Waals surface area contributed by atoms with E-state index in [1.807, 2.05) is 0 Å². The second kappa shape index (κ2) is 12.7. The summed E-state index contributed by atoms with van der Waals surface area (Å²) in [4.78, 5) is 0. The van der Waals surface area contributed by atoms with Gasteiger partial charge >= 0.3 is 0 Å². The largest absolute Gasteiger partial charge is 0.321 e. The standard InChI is InChI=1S/C20H42N2O4P2S2/c1-9-19(10-2)13-23-27(24-14-19)21(17(5)6)29-30-22(18(7)8)28-25-15-20(11-3,12-4)16-26-28/h17-18H,9-16H2,1-8H3. The Morgan fingerprint density at radius 2 is 0.900 bits per heavy atom. The molecule has 2 saturated heterocycles. The van der Waals surface area contributed by atoms with E-state index in [-0.39, 0.29) is 10.8 Å². The van der Waals surface area contributed by atoms with E-state index in [0.29, 0.717) is 12.1 Å². The summed E-state index contributed by atoms with van der Waals surface area (Å²) in [6, 6.07) is 0.624. The van der Waals surface area contributed by atoms with Crippen LogP contribution in [-0.4, -0.2) is 46.7 Å². The maximum atomic E-state index is 6.25. The molecule has 0 saturated carbocycles. The van der Waals surface area contributed by atoms with Crippen molar-refractivity contribution in [2.24, 2.45) is 10.8 Å². The van der Waals surface area contributed by atoms with Gasteiger partial charge in [-0.05, 0) is 53.4 Å². The van der Waals surface area contributed by atoms with E-state index < -0.39 is 17.1 Å². The average molecular weight is 501 g/mol. The minimum Gasteiger partial charge on any atom is -0.321 e. The third kappa shape index (κ3) is 6.91. The topological polar surface area (TPSA) is 43.4 Å². The first kappa shape index (κ1) is 27.6. The molecular formula is C20H42N2O4P2S2. The highest BCUT2D eigenvalue weighted by atomic mass is 33.1. The van der Waals surface area contributed by atoms with Gasteiger partial charge in [0.25, 0.3) is 17.1 Å². The van der Waals surface area contributed by atoms with Crippen molar-refractivity contribution >= 4 is 39.0 Å². The highest BCUT2D eigenvalue weighted by Gasteiger charge is 2.41. The first-order chi connectivity index (χ1) is 14.2. The number of hydrogen-bond donors (Lipinski definition) is 0. The highest BCUT2D eigenvalue weighted by molar-refractivity contribution is 8.76. The van der Waals surface area contributed by atoms with Gasteiger partial charge in [-0.15, -0.1) is 0 Å². The smallest absolute Gasteiger partial charge is 0.270 e. The molecule has 0 spiro atoms. The average Bonchev–Trinajstić information content (AvgIpc) is 2.77. The van der Waals surface area contributed by atoms with Crippen LogP contribution < -0.4 is 0 Å². The Bertz CT molecular complexity index is 447. The van der Waals surface area contributed by atoms with E-state index in [1.54, 1.807) is 22.0 Å². The molecule has 0 radical (unpaired) electrons. The molecule has 2 heterocycles. The van der Waals surface area contributed by atoms with Crippen LogP contribution in [-0.2, 0) is 18.1 Å². The fraction of sp³-hybridized carbons (Fsp3) is 1.00. The molecule has 0 bridgehead atoms. The fourth-order valence-corrected chi connectivity index (χ4v) is 10.5. The summed E-state index contributed by atoms with van der Waals surface area (Å²) in [5.74, 6) is 0. The zero-order valence-electron chi connectivity index (χ0n) is 20.0. The summed E-state index contributed by atoms with van der Waals surface area (Å²) in [7, 11) is 1.29. The number of rotatable bonds is 11. The van der Waals surface area contributed by atoms with Crippen molar-refractivity contribution in [3.8, 4) is 0 Å². The van der Waals surface area contributed by atoms with E-state index in [4.69, 9.17) is 18.1 Å². The first-order valence-corrected chi connectivity index (χ1v) is 15.6. The lowest BCUT2D eigenvalue weighted by Crippen LogP contribution is -2.37. The van der Waals surface area contributed by atoms with Crippen molar-refractivity contribution in [2.75, 3.05) is 26.4 Å². The summed E-state index contributed by atoms with van der Waals surface area (Å²) in [6.45, 7) is 20.8.